The van der Waals surface area contributed by atoms with Crippen LogP contribution in [-0.4, -0.2) is 35.0 Å². The third kappa shape index (κ3) is 3.34. The topological polar surface area (TPSA) is 116 Å². The third-order valence-corrected chi connectivity index (χ3v) is 8.56. The summed E-state index contributed by atoms with van der Waals surface area (Å²) in [5.41, 5.74) is -1.54. The molecule has 4 N–H and O–H groups in total. The van der Waals surface area contributed by atoms with Gasteiger partial charge in [-0.3, -0.25) is 19.2 Å². The number of rotatable bonds is 4. The predicted molar refractivity (Wildman–Crippen MR) is 133 cm³/mol. The Bertz CT molecular complexity index is 1080. The lowest BCUT2D eigenvalue weighted by atomic mass is 9.66. The van der Waals surface area contributed by atoms with Gasteiger partial charge in [0.05, 0.1) is 0 Å². The van der Waals surface area contributed by atoms with Gasteiger partial charge in [0.1, 0.15) is 11.3 Å². The van der Waals surface area contributed by atoms with Crippen molar-refractivity contribution in [3.8, 4) is 0 Å². The van der Waals surface area contributed by atoms with Gasteiger partial charge < -0.3 is 21.3 Å². The summed E-state index contributed by atoms with van der Waals surface area (Å²) in [6, 6.07) is 18.6. The maximum atomic E-state index is 12.4. The second-order valence-corrected chi connectivity index (χ2v) is 10.2. The number of benzene rings is 2. The number of fused-ring (bicyclic) bond motifs is 6. The van der Waals surface area contributed by atoms with E-state index in [9.17, 15) is 19.2 Å². The Morgan fingerprint density at radius 3 is 1.08 bits per heavy atom. The lowest BCUT2D eigenvalue weighted by Gasteiger charge is -2.52. The van der Waals surface area contributed by atoms with Gasteiger partial charge in [-0.25, -0.2) is 0 Å². The molecule has 8 rings (SSSR count). The molecular formula is C28H32N4O4. The largest absolute Gasteiger partial charge is 0.332 e. The summed E-state index contributed by atoms with van der Waals surface area (Å²) in [5, 5.41) is 11.9. The van der Waals surface area contributed by atoms with Gasteiger partial charge in [-0.1, -0.05) is 74.5 Å². The first-order chi connectivity index (χ1) is 17.3. The first-order valence-corrected chi connectivity index (χ1v) is 12.7. The Kier molecular flexibility index (Phi) is 5.65. The number of hydrogen-bond donors (Lipinski definition) is 4. The van der Waals surface area contributed by atoms with E-state index in [1.807, 2.05) is 74.5 Å². The molecule has 2 aromatic rings. The van der Waals surface area contributed by atoms with Gasteiger partial charge in [0.2, 0.25) is 23.6 Å². The minimum Gasteiger partial charge on any atom is -0.332 e. The van der Waals surface area contributed by atoms with Crippen molar-refractivity contribution < 1.29 is 19.2 Å². The molecule has 6 fully saturated rings. The molecule has 0 spiro atoms. The maximum absolute atomic E-state index is 12.4. The highest BCUT2D eigenvalue weighted by atomic mass is 16.2. The van der Waals surface area contributed by atoms with Crippen molar-refractivity contribution in [2.45, 2.75) is 74.5 Å². The average molecular weight is 489 g/mol. The van der Waals surface area contributed by atoms with Crippen LogP contribution in [0.15, 0.2) is 60.7 Å². The highest BCUT2D eigenvalue weighted by molar-refractivity contribution is 6.14. The van der Waals surface area contributed by atoms with Crippen LogP contribution in [0.5, 0.6) is 0 Å². The van der Waals surface area contributed by atoms with E-state index in [1.54, 1.807) is 0 Å². The standard InChI is InChI=1S/2C14H16N2O2/c2*1-2-13-8-9-14(11(17)15-13,12(18)16-13)10-6-4-3-5-7-10/h2*3-7H,2,8-9H2,1H3,(H,15,17)(H,16,18). The molecule has 0 radical (unpaired) electrons. The van der Waals surface area contributed by atoms with E-state index < -0.39 is 22.2 Å². The van der Waals surface area contributed by atoms with Gasteiger partial charge in [-0.15, -0.1) is 0 Å². The van der Waals surface area contributed by atoms with Gasteiger partial charge in [-0.2, -0.15) is 0 Å². The van der Waals surface area contributed by atoms with Crippen molar-refractivity contribution >= 4 is 23.6 Å². The molecule has 36 heavy (non-hydrogen) atoms. The minimum atomic E-state index is -1.03. The molecule has 0 atom stereocenters. The van der Waals surface area contributed by atoms with E-state index in [1.165, 1.54) is 0 Å². The van der Waals surface area contributed by atoms with Crippen molar-refractivity contribution in [2.75, 3.05) is 0 Å². The zero-order chi connectivity index (χ0) is 25.6. The summed E-state index contributed by atoms with van der Waals surface area (Å²) in [7, 11) is 0. The number of piperidine rings is 4. The fourth-order valence-corrected chi connectivity index (χ4v) is 6.04. The molecule has 0 unspecified atom stereocenters. The summed E-state index contributed by atoms with van der Waals surface area (Å²) in [6.07, 6.45) is 4.18. The van der Waals surface area contributed by atoms with Crippen LogP contribution in [0.1, 0.15) is 63.5 Å². The Balaban J connectivity index is 0.000000148. The zero-order valence-electron chi connectivity index (χ0n) is 20.6. The zero-order valence-corrected chi connectivity index (χ0v) is 20.6. The molecule has 8 nitrogen and oxygen atoms in total. The Morgan fingerprint density at radius 2 is 0.833 bits per heavy atom. The summed E-state index contributed by atoms with van der Waals surface area (Å²) >= 11 is 0. The molecule has 8 heteroatoms. The van der Waals surface area contributed by atoms with Gasteiger partial charge in [0, 0.05) is 0 Å². The number of carbonyl (C=O) groups excluding carboxylic acids is 4. The molecule has 6 heterocycles. The molecule has 2 aromatic carbocycles. The van der Waals surface area contributed by atoms with Gasteiger partial charge in [0.15, 0.2) is 10.8 Å². The highest BCUT2D eigenvalue weighted by Gasteiger charge is 2.61. The fourth-order valence-electron chi connectivity index (χ4n) is 6.04. The fraction of sp³-hybridized carbons (Fsp3) is 0.429. The van der Waals surface area contributed by atoms with E-state index in [2.05, 4.69) is 21.3 Å². The number of nitrogens with one attached hydrogen (secondary N) is 4. The van der Waals surface area contributed by atoms with E-state index in [4.69, 9.17) is 0 Å². The molecule has 4 amide bonds. The second-order valence-electron chi connectivity index (χ2n) is 10.2. The average Bonchev–Trinajstić information content (AvgIpc) is 2.90. The summed E-state index contributed by atoms with van der Waals surface area (Å²) < 4.78 is 0. The molecule has 4 bridgehead atoms. The van der Waals surface area contributed by atoms with E-state index >= 15 is 0 Å². The predicted octanol–water partition coefficient (Wildman–Crippen LogP) is 2.14. The molecule has 6 aliphatic rings. The number of carbonyl (C=O) groups is 4. The molecule has 6 aliphatic heterocycles. The Hall–Kier alpha value is -3.68. The van der Waals surface area contributed by atoms with Gasteiger partial charge >= 0.3 is 0 Å². The van der Waals surface area contributed by atoms with Crippen LogP contribution < -0.4 is 21.3 Å². The molecular weight excluding hydrogens is 456 g/mol. The second kappa shape index (κ2) is 8.47. The van der Waals surface area contributed by atoms with Crippen molar-refractivity contribution in [1.82, 2.24) is 21.3 Å². The minimum absolute atomic E-state index is 0.162. The van der Waals surface area contributed by atoms with Crippen LogP contribution in [0.3, 0.4) is 0 Å². The van der Waals surface area contributed by atoms with Gasteiger partial charge in [0.25, 0.3) is 0 Å². The normalized spacial score (nSPS) is 34.1. The molecule has 6 saturated heterocycles. The molecule has 188 valence electrons. The lowest BCUT2D eigenvalue weighted by molar-refractivity contribution is -0.154. The van der Waals surface area contributed by atoms with Crippen molar-refractivity contribution in [2.24, 2.45) is 0 Å². The smallest absolute Gasteiger partial charge is 0.242 e. The van der Waals surface area contributed by atoms with Crippen molar-refractivity contribution in [3.05, 3.63) is 71.8 Å². The van der Waals surface area contributed by atoms with Crippen molar-refractivity contribution in [1.29, 1.82) is 0 Å². The lowest BCUT2D eigenvalue weighted by Crippen LogP contribution is -2.77. The van der Waals surface area contributed by atoms with Crippen LogP contribution in [0, 0.1) is 0 Å². The number of amides is 4. The number of hydrogen-bond acceptors (Lipinski definition) is 4. The van der Waals surface area contributed by atoms with E-state index in [0.717, 1.165) is 36.8 Å². The van der Waals surface area contributed by atoms with Crippen LogP contribution in [0.4, 0.5) is 0 Å². The maximum Gasteiger partial charge on any atom is 0.242 e. The highest BCUT2D eigenvalue weighted by Crippen LogP contribution is 2.43. The first-order valence-electron chi connectivity index (χ1n) is 12.7. The quantitative estimate of drug-likeness (QED) is 0.494. The molecule has 0 saturated carbocycles. The molecule has 0 aliphatic carbocycles. The van der Waals surface area contributed by atoms with Crippen LogP contribution in [0.25, 0.3) is 0 Å². The first kappa shape index (κ1) is 24.0. The van der Waals surface area contributed by atoms with E-state index in [0.29, 0.717) is 12.8 Å². The Morgan fingerprint density at radius 1 is 0.528 bits per heavy atom. The van der Waals surface area contributed by atoms with Crippen LogP contribution in [0.2, 0.25) is 0 Å². The SMILES string of the molecule is CCC12CCC(c3ccccc3)(C(=O)N1)C(=O)N2.CCC12CCC(c3ccccc3)(C(=O)N1)C(=O)N2. The summed E-state index contributed by atoms with van der Waals surface area (Å²) in [4.78, 5) is 49.5. The molecule has 0 aromatic heterocycles. The summed E-state index contributed by atoms with van der Waals surface area (Å²) in [5.74, 6) is -0.646. The summed E-state index contributed by atoms with van der Waals surface area (Å²) in [6.45, 7) is 3.95. The van der Waals surface area contributed by atoms with Gasteiger partial charge in [-0.05, 0) is 49.7 Å². The van der Waals surface area contributed by atoms with Crippen LogP contribution in [-0.2, 0) is 30.0 Å². The van der Waals surface area contributed by atoms with E-state index in [-0.39, 0.29) is 23.6 Å². The van der Waals surface area contributed by atoms with Crippen LogP contribution >= 0.6 is 0 Å². The third-order valence-electron chi connectivity index (χ3n) is 8.56. The monoisotopic (exact) mass is 488 g/mol. The Labute approximate surface area is 210 Å². The van der Waals surface area contributed by atoms with Crippen molar-refractivity contribution in [3.63, 3.8) is 0 Å².